The van der Waals surface area contributed by atoms with E-state index >= 15 is 0 Å². The molecule has 1 aromatic heterocycles. The maximum Gasteiger partial charge on any atom is 0.176 e. The zero-order chi connectivity index (χ0) is 10.6. The summed E-state index contributed by atoms with van der Waals surface area (Å²) in [7, 11) is 0. The molecule has 1 rings (SSSR count). The van der Waals surface area contributed by atoms with Crippen LogP contribution < -0.4 is 0 Å². The van der Waals surface area contributed by atoms with E-state index < -0.39 is 0 Å². The van der Waals surface area contributed by atoms with Crippen molar-refractivity contribution in [3.8, 4) is 11.8 Å². The Balaban J connectivity index is 2.94. The van der Waals surface area contributed by atoms with Crippen LogP contribution >= 0.6 is 0 Å². The minimum atomic E-state index is 0.0457. The first-order valence-electron chi connectivity index (χ1n) is 4.52. The Morgan fingerprint density at radius 3 is 2.71 bits per heavy atom. The fourth-order valence-electron chi connectivity index (χ4n) is 1.25. The molecule has 14 heavy (non-hydrogen) atoms. The summed E-state index contributed by atoms with van der Waals surface area (Å²) in [5, 5.41) is 0. The quantitative estimate of drug-likeness (QED) is 0.525. The van der Waals surface area contributed by atoms with Crippen molar-refractivity contribution in [2.24, 2.45) is 0 Å². The Labute approximate surface area is 84.4 Å². The smallest absolute Gasteiger partial charge is 0.176 e. The van der Waals surface area contributed by atoms with E-state index in [1.807, 2.05) is 26.0 Å². The maximum atomic E-state index is 11.6. The van der Waals surface area contributed by atoms with Gasteiger partial charge in [-0.15, -0.1) is 5.92 Å². The lowest BCUT2D eigenvalue weighted by Crippen LogP contribution is -2.02. The molecule has 0 saturated heterocycles. The minimum Gasteiger partial charge on any atom is -0.293 e. The van der Waals surface area contributed by atoms with Gasteiger partial charge in [0.05, 0.1) is 6.42 Å². The Bertz CT molecular complexity index is 410. The molecule has 0 N–H and O–H groups in total. The number of Topliss-reactive ketones (excluding diaryl/α,β-unsaturated/α-hetero) is 1. The van der Waals surface area contributed by atoms with Gasteiger partial charge < -0.3 is 0 Å². The third-order valence-corrected chi connectivity index (χ3v) is 1.95. The second-order valence-corrected chi connectivity index (χ2v) is 3.11. The van der Waals surface area contributed by atoms with Crippen LogP contribution in [0.15, 0.2) is 12.1 Å². The number of aryl methyl sites for hydroxylation is 2. The molecule has 0 unspecified atom stereocenters. The average Bonchev–Trinajstić information content (AvgIpc) is 2.14. The Hall–Kier alpha value is -1.62. The van der Waals surface area contributed by atoms with E-state index in [0.717, 1.165) is 11.4 Å². The highest BCUT2D eigenvalue weighted by Gasteiger charge is 2.07. The fourth-order valence-corrected chi connectivity index (χ4v) is 1.25. The summed E-state index contributed by atoms with van der Waals surface area (Å²) in [6.07, 6.45) is 0.280. The molecular formula is C12H13NO. The summed E-state index contributed by atoms with van der Waals surface area (Å²) in [5.74, 6) is 5.51. The van der Waals surface area contributed by atoms with Gasteiger partial charge >= 0.3 is 0 Å². The molecule has 72 valence electrons. The van der Waals surface area contributed by atoms with Gasteiger partial charge in [0.2, 0.25) is 0 Å². The number of hydrogen-bond acceptors (Lipinski definition) is 2. The van der Waals surface area contributed by atoms with Gasteiger partial charge in [-0.2, -0.15) is 0 Å². The lowest BCUT2D eigenvalue weighted by Gasteiger charge is -2.02. The van der Waals surface area contributed by atoms with Gasteiger partial charge in [-0.3, -0.25) is 9.78 Å². The van der Waals surface area contributed by atoms with E-state index in [4.69, 9.17) is 0 Å². The van der Waals surface area contributed by atoms with Crippen molar-refractivity contribution in [2.75, 3.05) is 0 Å². The Kier molecular flexibility index (Phi) is 3.41. The van der Waals surface area contributed by atoms with Gasteiger partial charge in [0, 0.05) is 17.0 Å². The fraction of sp³-hybridized carbons (Fsp3) is 0.333. The summed E-state index contributed by atoms with van der Waals surface area (Å²) < 4.78 is 0. The van der Waals surface area contributed by atoms with Crippen molar-refractivity contribution in [1.82, 2.24) is 4.98 Å². The monoisotopic (exact) mass is 187 g/mol. The van der Waals surface area contributed by atoms with Crippen LogP contribution in [0, 0.1) is 25.7 Å². The molecule has 2 heteroatoms. The number of pyridine rings is 1. The van der Waals surface area contributed by atoms with Crippen molar-refractivity contribution >= 4 is 5.78 Å². The largest absolute Gasteiger partial charge is 0.293 e. The third kappa shape index (κ3) is 2.43. The van der Waals surface area contributed by atoms with Gasteiger partial charge in [-0.25, -0.2) is 0 Å². The number of hydrogen-bond donors (Lipinski definition) is 0. The average molecular weight is 187 g/mol. The van der Waals surface area contributed by atoms with E-state index in [9.17, 15) is 4.79 Å². The highest BCUT2D eigenvalue weighted by atomic mass is 16.1. The van der Waals surface area contributed by atoms with E-state index in [-0.39, 0.29) is 12.2 Å². The molecule has 0 spiro atoms. The highest BCUT2D eigenvalue weighted by molar-refractivity contribution is 5.98. The van der Waals surface area contributed by atoms with Crippen molar-refractivity contribution in [3.63, 3.8) is 0 Å². The maximum absolute atomic E-state index is 11.6. The predicted octanol–water partition coefficient (Wildman–Crippen LogP) is 2.29. The van der Waals surface area contributed by atoms with E-state index in [1.165, 1.54) is 0 Å². The summed E-state index contributed by atoms with van der Waals surface area (Å²) >= 11 is 0. The van der Waals surface area contributed by atoms with Crippen molar-refractivity contribution in [1.29, 1.82) is 0 Å². The molecule has 0 amide bonds. The normalized spacial score (nSPS) is 9.07. The van der Waals surface area contributed by atoms with Gasteiger partial charge in [-0.1, -0.05) is 5.92 Å². The number of carbonyl (C=O) groups excluding carboxylic acids is 1. The zero-order valence-corrected chi connectivity index (χ0v) is 8.72. The summed E-state index contributed by atoms with van der Waals surface area (Å²) in [6, 6.07) is 3.66. The Morgan fingerprint density at radius 2 is 2.14 bits per heavy atom. The van der Waals surface area contributed by atoms with E-state index in [0.29, 0.717) is 5.56 Å². The second kappa shape index (κ2) is 4.57. The lowest BCUT2D eigenvalue weighted by molar-refractivity contribution is 0.0997. The van der Waals surface area contributed by atoms with Crippen LogP contribution in [-0.2, 0) is 0 Å². The van der Waals surface area contributed by atoms with Crippen molar-refractivity contribution in [2.45, 2.75) is 27.2 Å². The van der Waals surface area contributed by atoms with Crippen LogP contribution in [0.1, 0.15) is 35.1 Å². The van der Waals surface area contributed by atoms with E-state index in [1.54, 1.807) is 6.92 Å². The van der Waals surface area contributed by atoms with Crippen molar-refractivity contribution in [3.05, 3.63) is 29.1 Å². The molecule has 0 fully saturated rings. The number of ketones is 1. The molecule has 0 atom stereocenters. The first-order chi connectivity index (χ1) is 6.65. The SMILES string of the molecule is CC#CCC(=O)c1ccc(C)nc1C. The van der Waals surface area contributed by atoms with Gasteiger partial charge in [0.15, 0.2) is 5.78 Å². The first-order valence-corrected chi connectivity index (χ1v) is 4.52. The molecule has 0 aromatic carbocycles. The number of rotatable bonds is 2. The molecule has 0 aliphatic heterocycles. The number of carbonyl (C=O) groups is 1. The van der Waals surface area contributed by atoms with Crippen molar-refractivity contribution < 1.29 is 4.79 Å². The Morgan fingerprint density at radius 1 is 1.43 bits per heavy atom. The molecule has 0 radical (unpaired) electrons. The third-order valence-electron chi connectivity index (χ3n) is 1.95. The van der Waals surface area contributed by atoms with Crippen LogP contribution in [0.2, 0.25) is 0 Å². The topological polar surface area (TPSA) is 30.0 Å². The number of nitrogens with zero attached hydrogens (tertiary/aromatic N) is 1. The first kappa shape index (κ1) is 10.5. The van der Waals surface area contributed by atoms with Gasteiger partial charge in [-0.05, 0) is 32.9 Å². The predicted molar refractivity (Wildman–Crippen MR) is 56.1 cm³/mol. The molecule has 1 aromatic rings. The molecular weight excluding hydrogens is 174 g/mol. The van der Waals surface area contributed by atoms with Crippen LogP contribution in [-0.4, -0.2) is 10.8 Å². The molecule has 0 saturated carbocycles. The van der Waals surface area contributed by atoms with E-state index in [2.05, 4.69) is 16.8 Å². The molecule has 2 nitrogen and oxygen atoms in total. The summed E-state index contributed by atoms with van der Waals surface area (Å²) in [6.45, 7) is 5.49. The molecule has 0 aliphatic rings. The standard InChI is InChI=1S/C12H13NO/c1-4-5-6-12(14)11-8-7-9(2)13-10(11)3/h7-8H,6H2,1-3H3. The summed E-state index contributed by atoms with van der Waals surface area (Å²) in [4.78, 5) is 15.8. The van der Waals surface area contributed by atoms with Gasteiger partial charge in [0.25, 0.3) is 0 Å². The second-order valence-electron chi connectivity index (χ2n) is 3.11. The number of aromatic nitrogens is 1. The van der Waals surface area contributed by atoms with Crippen LogP contribution in [0.4, 0.5) is 0 Å². The minimum absolute atomic E-state index is 0.0457. The van der Waals surface area contributed by atoms with Crippen LogP contribution in [0.3, 0.4) is 0 Å². The van der Waals surface area contributed by atoms with Gasteiger partial charge in [0.1, 0.15) is 0 Å². The molecule has 1 heterocycles. The lowest BCUT2D eigenvalue weighted by atomic mass is 10.1. The van der Waals surface area contributed by atoms with Crippen LogP contribution in [0.25, 0.3) is 0 Å². The highest BCUT2D eigenvalue weighted by Crippen LogP contribution is 2.08. The zero-order valence-electron chi connectivity index (χ0n) is 8.72. The summed E-state index contributed by atoms with van der Waals surface area (Å²) in [5.41, 5.74) is 2.40. The molecule has 0 aliphatic carbocycles. The molecule has 0 bridgehead atoms. The van der Waals surface area contributed by atoms with Crippen LogP contribution in [0.5, 0.6) is 0 Å².